The van der Waals surface area contributed by atoms with Gasteiger partial charge in [0.15, 0.2) is 6.29 Å². The average molecular weight is 684 g/mol. The number of thioether (sulfide) groups is 1. The van der Waals surface area contributed by atoms with E-state index in [1.54, 1.807) is 12.1 Å². The smallest absolute Gasteiger partial charge is 0.336 e. The van der Waals surface area contributed by atoms with Crippen LogP contribution in [0.25, 0.3) is 11.1 Å². The zero-order chi connectivity index (χ0) is 34.6. The van der Waals surface area contributed by atoms with Gasteiger partial charge in [-0.25, -0.2) is 4.79 Å². The van der Waals surface area contributed by atoms with E-state index in [1.807, 2.05) is 84.9 Å². The second-order valence-corrected chi connectivity index (χ2v) is 13.1. The Morgan fingerprint density at radius 1 is 0.755 bits per heavy atom. The zero-order valence-electron chi connectivity index (χ0n) is 27.1. The van der Waals surface area contributed by atoms with Crippen LogP contribution in [0.4, 0.5) is 0 Å². The number of hydrogen-bond acceptors (Lipinski definition) is 7. The summed E-state index contributed by atoms with van der Waals surface area (Å²) in [5, 5.41) is 30.8. The van der Waals surface area contributed by atoms with Crippen molar-refractivity contribution in [2.24, 2.45) is 0 Å². The summed E-state index contributed by atoms with van der Waals surface area (Å²) in [6, 6.07) is 30.7. The van der Waals surface area contributed by atoms with Gasteiger partial charge in [-0.15, -0.1) is 11.8 Å². The maximum absolute atomic E-state index is 12.3. The number of hydrogen-bond donors (Lipinski definition) is 4. The molecule has 0 aromatic heterocycles. The molecule has 1 heterocycles. The number of aliphatic hydroxyl groups is 1. The highest BCUT2D eigenvalue weighted by Crippen LogP contribution is 2.40. The van der Waals surface area contributed by atoms with E-state index in [4.69, 9.17) is 14.6 Å². The van der Waals surface area contributed by atoms with Crippen molar-refractivity contribution >= 4 is 29.6 Å². The van der Waals surface area contributed by atoms with Gasteiger partial charge in [0.25, 0.3) is 0 Å². The SMILES string of the molecule is O=C(O)CCCCCC(=O)NCc1cccc(-c2ccc([C@@H]3O[C@H](CSc4ccccc4C(=O)O)C[C@H](c4ccc(CO)cc4)O3)cc2)c1. The monoisotopic (exact) mass is 683 g/mol. The predicted molar refractivity (Wildman–Crippen MR) is 187 cm³/mol. The standard InChI is InChI=1S/C39H41NO8S/c41-24-26-13-15-29(16-14-26)34-22-32(25-49-35-10-5-4-9-33(35)38(45)46)47-39(48-34)30-19-17-28(18-20-30)31-8-6-7-27(21-31)23-40-36(42)11-2-1-3-12-37(43)44/h4-10,13-21,32,34,39,41H,1-3,11-12,22-25H2,(H,40,42)(H,43,44)(H,45,46)/t32-,34+,39+/m0/s1. The van der Waals surface area contributed by atoms with Gasteiger partial charge in [-0.1, -0.05) is 85.3 Å². The normalized spacial score (nSPS) is 17.4. The highest BCUT2D eigenvalue weighted by Gasteiger charge is 2.32. The Balaban J connectivity index is 1.24. The second-order valence-electron chi connectivity index (χ2n) is 12.0. The van der Waals surface area contributed by atoms with Crippen LogP contribution < -0.4 is 5.32 Å². The molecule has 4 aromatic rings. The first-order chi connectivity index (χ1) is 23.8. The first-order valence-corrected chi connectivity index (χ1v) is 17.4. The molecule has 4 aromatic carbocycles. The van der Waals surface area contributed by atoms with Crippen LogP contribution in [0, 0.1) is 0 Å². The second kappa shape index (κ2) is 17.8. The molecule has 0 radical (unpaired) electrons. The van der Waals surface area contributed by atoms with Crippen molar-refractivity contribution in [2.45, 2.75) is 75.1 Å². The number of amides is 1. The van der Waals surface area contributed by atoms with Gasteiger partial charge < -0.3 is 30.1 Å². The molecule has 256 valence electrons. The molecule has 0 spiro atoms. The van der Waals surface area contributed by atoms with Gasteiger partial charge in [0.05, 0.1) is 24.4 Å². The minimum absolute atomic E-state index is 0.0404. The Labute approximate surface area is 290 Å². The Morgan fingerprint density at radius 2 is 1.49 bits per heavy atom. The molecule has 9 nitrogen and oxygen atoms in total. The number of carbonyl (C=O) groups excluding carboxylic acids is 1. The number of unbranched alkanes of at least 4 members (excludes halogenated alkanes) is 2. The van der Waals surface area contributed by atoms with Crippen LogP contribution in [0.15, 0.2) is 102 Å². The molecule has 5 rings (SSSR count). The molecule has 1 aliphatic heterocycles. The lowest BCUT2D eigenvalue weighted by molar-refractivity contribution is -0.245. The van der Waals surface area contributed by atoms with E-state index >= 15 is 0 Å². The summed E-state index contributed by atoms with van der Waals surface area (Å²) >= 11 is 1.46. The van der Waals surface area contributed by atoms with Crippen LogP contribution in [-0.4, -0.2) is 45.0 Å². The van der Waals surface area contributed by atoms with Gasteiger partial charge in [-0.2, -0.15) is 0 Å². The number of carboxylic acid groups (broad SMARTS) is 2. The Bertz CT molecular complexity index is 1710. The summed E-state index contributed by atoms with van der Waals surface area (Å²) < 4.78 is 13.0. The third-order valence-corrected chi connectivity index (χ3v) is 9.59. The molecule has 3 atom stereocenters. The molecular formula is C39H41NO8S. The fraction of sp³-hybridized carbons (Fsp3) is 0.308. The Morgan fingerprint density at radius 3 is 2.22 bits per heavy atom. The van der Waals surface area contributed by atoms with E-state index in [2.05, 4.69) is 5.32 Å². The van der Waals surface area contributed by atoms with Crippen LogP contribution in [0.1, 0.15) is 83.5 Å². The van der Waals surface area contributed by atoms with Crippen LogP contribution in [-0.2, 0) is 32.2 Å². The van der Waals surface area contributed by atoms with E-state index in [0.717, 1.165) is 33.4 Å². The fourth-order valence-corrected chi connectivity index (χ4v) is 6.76. The topological polar surface area (TPSA) is 142 Å². The van der Waals surface area contributed by atoms with Crippen LogP contribution in [0.2, 0.25) is 0 Å². The van der Waals surface area contributed by atoms with E-state index in [0.29, 0.717) is 49.3 Å². The average Bonchev–Trinajstić information content (AvgIpc) is 3.13. The third kappa shape index (κ3) is 10.5. The number of nitrogens with one attached hydrogen (secondary N) is 1. The van der Waals surface area contributed by atoms with Crippen LogP contribution in [0.3, 0.4) is 0 Å². The van der Waals surface area contributed by atoms with Gasteiger partial charge in [0, 0.05) is 42.0 Å². The van der Waals surface area contributed by atoms with Gasteiger partial charge in [0.2, 0.25) is 5.91 Å². The number of aliphatic hydroxyl groups excluding tert-OH is 1. The van der Waals surface area contributed by atoms with Gasteiger partial charge in [0.1, 0.15) is 0 Å². The van der Waals surface area contributed by atoms with E-state index in [1.165, 1.54) is 11.8 Å². The molecule has 1 aliphatic rings. The Kier molecular flexibility index (Phi) is 13.0. The van der Waals surface area contributed by atoms with Gasteiger partial charge in [-0.3, -0.25) is 9.59 Å². The van der Waals surface area contributed by atoms with Gasteiger partial charge >= 0.3 is 11.9 Å². The molecule has 49 heavy (non-hydrogen) atoms. The summed E-state index contributed by atoms with van der Waals surface area (Å²) in [7, 11) is 0. The summed E-state index contributed by atoms with van der Waals surface area (Å²) in [4.78, 5) is 35.4. The third-order valence-electron chi connectivity index (χ3n) is 8.38. The van der Waals surface area contributed by atoms with E-state index in [9.17, 15) is 24.6 Å². The number of rotatable bonds is 16. The maximum atomic E-state index is 12.3. The molecule has 0 bridgehead atoms. The summed E-state index contributed by atoms with van der Waals surface area (Å²) in [6.45, 7) is 0.363. The first-order valence-electron chi connectivity index (χ1n) is 16.4. The van der Waals surface area contributed by atoms with E-state index < -0.39 is 18.2 Å². The molecule has 0 saturated carbocycles. The molecule has 0 unspecified atom stereocenters. The predicted octanol–water partition coefficient (Wildman–Crippen LogP) is 7.53. The van der Waals surface area contributed by atoms with Crippen molar-refractivity contribution in [1.82, 2.24) is 5.32 Å². The van der Waals surface area contributed by atoms with Crippen molar-refractivity contribution in [3.63, 3.8) is 0 Å². The van der Waals surface area contributed by atoms with Crippen molar-refractivity contribution in [1.29, 1.82) is 0 Å². The van der Waals surface area contributed by atoms with Crippen molar-refractivity contribution in [3.05, 3.63) is 125 Å². The minimum Gasteiger partial charge on any atom is -0.481 e. The molecule has 4 N–H and O–H groups in total. The molecule has 1 saturated heterocycles. The van der Waals surface area contributed by atoms with Crippen LogP contribution >= 0.6 is 11.8 Å². The lowest BCUT2D eigenvalue weighted by Crippen LogP contribution is -2.31. The summed E-state index contributed by atoms with van der Waals surface area (Å²) in [5.74, 6) is -1.29. The number of ether oxygens (including phenoxy) is 2. The highest BCUT2D eigenvalue weighted by atomic mass is 32.2. The first kappa shape index (κ1) is 35.8. The molecule has 10 heteroatoms. The van der Waals surface area contributed by atoms with Gasteiger partial charge in [-0.05, 0) is 58.9 Å². The highest BCUT2D eigenvalue weighted by molar-refractivity contribution is 7.99. The van der Waals surface area contributed by atoms with E-state index in [-0.39, 0.29) is 36.7 Å². The summed E-state index contributed by atoms with van der Waals surface area (Å²) in [5.41, 5.74) is 5.89. The number of aliphatic carboxylic acids is 1. The summed E-state index contributed by atoms with van der Waals surface area (Å²) in [6.07, 6.45) is 1.91. The zero-order valence-corrected chi connectivity index (χ0v) is 27.9. The number of carbonyl (C=O) groups is 3. The lowest BCUT2D eigenvalue weighted by Gasteiger charge is -2.36. The molecule has 1 amide bonds. The quantitative estimate of drug-likeness (QED) is 0.0696. The van der Waals surface area contributed by atoms with Crippen molar-refractivity contribution in [2.75, 3.05) is 5.75 Å². The fourth-order valence-electron chi connectivity index (χ4n) is 5.70. The Hall–Kier alpha value is -4.48. The van der Waals surface area contributed by atoms with Crippen molar-refractivity contribution < 1.29 is 39.2 Å². The number of carboxylic acids is 2. The lowest BCUT2D eigenvalue weighted by atomic mass is 9.99. The maximum Gasteiger partial charge on any atom is 0.336 e. The number of benzene rings is 4. The molecular weight excluding hydrogens is 642 g/mol. The molecule has 1 fully saturated rings. The molecule has 0 aliphatic carbocycles. The number of aromatic carboxylic acids is 1. The van der Waals surface area contributed by atoms with Crippen LogP contribution in [0.5, 0.6) is 0 Å². The minimum atomic E-state index is -0.965. The largest absolute Gasteiger partial charge is 0.481 e. The van der Waals surface area contributed by atoms with Crippen molar-refractivity contribution in [3.8, 4) is 11.1 Å².